The molecule has 0 aliphatic heterocycles. The summed E-state index contributed by atoms with van der Waals surface area (Å²) < 4.78 is 13.8. The Hall–Kier alpha value is -3.80. The van der Waals surface area contributed by atoms with E-state index >= 15 is 0 Å². The first-order chi connectivity index (χ1) is 13.9. The van der Waals surface area contributed by atoms with Crippen LogP contribution in [0.5, 0.6) is 0 Å². The largest absolute Gasteiger partial charge is 0.382 e. The minimum atomic E-state index is -0.260. The van der Waals surface area contributed by atoms with Gasteiger partial charge in [-0.25, -0.2) is 14.4 Å². The summed E-state index contributed by atoms with van der Waals surface area (Å²) in [5.41, 5.74) is 9.85. The Kier molecular flexibility index (Phi) is 4.68. The SMILES string of the molecule is Cc1ccc(-c2ccc(N=C(N)c3[nH]c4ccccc4c(=O)c3C)nc2)cc1F. The summed E-state index contributed by atoms with van der Waals surface area (Å²) >= 11 is 0. The predicted molar refractivity (Wildman–Crippen MR) is 114 cm³/mol. The van der Waals surface area contributed by atoms with E-state index in [4.69, 9.17) is 5.73 Å². The van der Waals surface area contributed by atoms with E-state index in [9.17, 15) is 9.18 Å². The molecule has 3 N–H and O–H groups in total. The lowest BCUT2D eigenvalue weighted by Gasteiger charge is -2.08. The van der Waals surface area contributed by atoms with Crippen molar-refractivity contribution in [3.63, 3.8) is 0 Å². The monoisotopic (exact) mass is 386 g/mol. The Morgan fingerprint density at radius 1 is 1.07 bits per heavy atom. The standard InChI is InChI=1S/C23H19FN4O/c1-13-7-8-15(11-18(13)24)16-9-10-20(26-12-16)28-23(25)21-14(2)22(29)17-5-3-4-6-19(17)27-21/h3-12H,1-2H3,(H,27,29)(H2,25,26,28). The minimum Gasteiger partial charge on any atom is -0.382 e. The molecule has 6 heteroatoms. The number of nitrogens with zero attached hydrogens (tertiary/aromatic N) is 2. The van der Waals surface area contributed by atoms with Crippen LogP contribution in [0.15, 0.2) is 70.6 Å². The second-order valence-corrected chi connectivity index (χ2v) is 6.87. The molecule has 4 aromatic rings. The molecule has 0 atom stereocenters. The van der Waals surface area contributed by atoms with E-state index in [2.05, 4.69) is 15.0 Å². The van der Waals surface area contributed by atoms with Crippen molar-refractivity contribution >= 4 is 22.6 Å². The second kappa shape index (κ2) is 7.31. The lowest BCUT2D eigenvalue weighted by Crippen LogP contribution is -2.21. The first kappa shape index (κ1) is 18.6. The van der Waals surface area contributed by atoms with Gasteiger partial charge in [0, 0.05) is 28.2 Å². The fourth-order valence-electron chi connectivity index (χ4n) is 3.16. The van der Waals surface area contributed by atoms with Crippen molar-refractivity contribution in [1.82, 2.24) is 9.97 Å². The van der Waals surface area contributed by atoms with Gasteiger partial charge >= 0.3 is 0 Å². The lowest BCUT2D eigenvalue weighted by molar-refractivity contribution is 0.619. The number of pyridine rings is 2. The smallest absolute Gasteiger partial charge is 0.193 e. The van der Waals surface area contributed by atoms with Crippen molar-refractivity contribution in [3.8, 4) is 11.1 Å². The Labute approximate surface area is 166 Å². The van der Waals surface area contributed by atoms with E-state index in [1.165, 1.54) is 6.07 Å². The highest BCUT2D eigenvalue weighted by Gasteiger charge is 2.11. The number of fused-ring (bicyclic) bond motifs is 1. The molecule has 0 aliphatic carbocycles. The van der Waals surface area contributed by atoms with Crippen molar-refractivity contribution in [2.75, 3.05) is 0 Å². The summed E-state index contributed by atoms with van der Waals surface area (Å²) in [5, 5.41) is 0.606. The molecule has 0 bridgehead atoms. The zero-order chi connectivity index (χ0) is 20.5. The molecular weight excluding hydrogens is 367 g/mol. The first-order valence-corrected chi connectivity index (χ1v) is 9.13. The number of H-pyrrole nitrogens is 1. The van der Waals surface area contributed by atoms with Gasteiger partial charge in [-0.2, -0.15) is 0 Å². The quantitative estimate of drug-likeness (QED) is 0.405. The van der Waals surface area contributed by atoms with Crippen LogP contribution in [-0.2, 0) is 0 Å². The van der Waals surface area contributed by atoms with Gasteiger partial charge in [-0.1, -0.05) is 24.3 Å². The number of hydrogen-bond donors (Lipinski definition) is 2. The van der Waals surface area contributed by atoms with Gasteiger partial charge in [0.2, 0.25) is 0 Å². The number of rotatable bonds is 3. The molecule has 0 saturated heterocycles. The number of nitrogens with two attached hydrogens (primary N) is 1. The third-order valence-corrected chi connectivity index (χ3v) is 4.89. The van der Waals surface area contributed by atoms with Crippen molar-refractivity contribution in [3.05, 3.63) is 93.7 Å². The maximum atomic E-state index is 13.8. The number of aromatic amines is 1. The molecule has 144 valence electrons. The van der Waals surface area contributed by atoms with Crippen LogP contribution in [0.3, 0.4) is 0 Å². The number of halogens is 1. The molecule has 0 aliphatic rings. The summed E-state index contributed by atoms with van der Waals surface area (Å²) in [6.45, 7) is 3.43. The summed E-state index contributed by atoms with van der Waals surface area (Å²) in [6, 6.07) is 15.8. The van der Waals surface area contributed by atoms with Crippen LogP contribution in [0, 0.1) is 19.7 Å². The Balaban J connectivity index is 1.69. The van der Waals surface area contributed by atoms with Crippen LogP contribution in [0.2, 0.25) is 0 Å². The Morgan fingerprint density at radius 2 is 1.83 bits per heavy atom. The van der Waals surface area contributed by atoms with Gasteiger partial charge in [0.1, 0.15) is 11.7 Å². The molecule has 2 heterocycles. The zero-order valence-electron chi connectivity index (χ0n) is 16.0. The fourth-order valence-corrected chi connectivity index (χ4v) is 3.16. The van der Waals surface area contributed by atoms with Crippen LogP contribution in [0.25, 0.3) is 22.0 Å². The van der Waals surface area contributed by atoms with Crippen molar-refractivity contribution in [2.24, 2.45) is 10.7 Å². The molecule has 0 unspecified atom stereocenters. The highest BCUT2D eigenvalue weighted by Crippen LogP contribution is 2.23. The number of aryl methyl sites for hydroxylation is 1. The average molecular weight is 386 g/mol. The third-order valence-electron chi connectivity index (χ3n) is 4.89. The van der Waals surface area contributed by atoms with Crippen LogP contribution in [-0.4, -0.2) is 15.8 Å². The van der Waals surface area contributed by atoms with Gasteiger partial charge in [-0.15, -0.1) is 0 Å². The molecule has 29 heavy (non-hydrogen) atoms. The normalized spacial score (nSPS) is 11.8. The summed E-state index contributed by atoms with van der Waals surface area (Å²) in [4.78, 5) is 24.4. The van der Waals surface area contributed by atoms with Gasteiger partial charge in [0.05, 0.1) is 5.69 Å². The number of aromatic nitrogens is 2. The number of benzene rings is 2. The van der Waals surface area contributed by atoms with Crippen LogP contribution in [0.4, 0.5) is 10.2 Å². The predicted octanol–water partition coefficient (Wildman–Crippen LogP) is 4.38. The minimum absolute atomic E-state index is 0.0859. The second-order valence-electron chi connectivity index (χ2n) is 6.87. The van der Waals surface area contributed by atoms with Crippen LogP contribution in [0.1, 0.15) is 16.8 Å². The molecule has 0 radical (unpaired) electrons. The number of nitrogens with one attached hydrogen (secondary N) is 1. The molecular formula is C23H19FN4O. The highest BCUT2D eigenvalue weighted by atomic mass is 19.1. The van der Waals surface area contributed by atoms with Crippen LogP contribution < -0.4 is 11.2 Å². The molecule has 0 amide bonds. The topological polar surface area (TPSA) is 84.1 Å². The zero-order valence-corrected chi connectivity index (χ0v) is 16.0. The van der Waals surface area contributed by atoms with Crippen molar-refractivity contribution < 1.29 is 4.39 Å². The van der Waals surface area contributed by atoms with Crippen molar-refractivity contribution in [2.45, 2.75) is 13.8 Å². The van der Waals surface area contributed by atoms with E-state index in [-0.39, 0.29) is 17.1 Å². The summed E-state index contributed by atoms with van der Waals surface area (Å²) in [6.07, 6.45) is 1.62. The van der Waals surface area contributed by atoms with Crippen molar-refractivity contribution in [1.29, 1.82) is 0 Å². The molecule has 0 fully saturated rings. The molecule has 0 saturated carbocycles. The molecule has 0 spiro atoms. The van der Waals surface area contributed by atoms with Gasteiger partial charge < -0.3 is 10.7 Å². The van der Waals surface area contributed by atoms with E-state index in [1.54, 1.807) is 44.3 Å². The molecule has 2 aromatic heterocycles. The maximum absolute atomic E-state index is 13.8. The van der Waals surface area contributed by atoms with E-state index in [0.717, 1.165) is 11.1 Å². The average Bonchev–Trinajstić information content (AvgIpc) is 2.73. The Morgan fingerprint density at radius 3 is 2.55 bits per heavy atom. The number of para-hydroxylation sites is 1. The van der Waals surface area contributed by atoms with Gasteiger partial charge in [0.25, 0.3) is 0 Å². The van der Waals surface area contributed by atoms with E-state index < -0.39 is 0 Å². The molecule has 5 nitrogen and oxygen atoms in total. The number of hydrogen-bond acceptors (Lipinski definition) is 3. The molecule has 4 rings (SSSR count). The summed E-state index contributed by atoms with van der Waals surface area (Å²) in [5.74, 6) is 0.309. The van der Waals surface area contributed by atoms with Gasteiger partial charge in [-0.3, -0.25) is 4.79 Å². The Bertz CT molecular complexity index is 1310. The third kappa shape index (κ3) is 3.52. The van der Waals surface area contributed by atoms with E-state index in [0.29, 0.717) is 33.5 Å². The summed E-state index contributed by atoms with van der Waals surface area (Å²) in [7, 11) is 0. The maximum Gasteiger partial charge on any atom is 0.193 e. The number of aliphatic imine (C=N–C) groups is 1. The van der Waals surface area contributed by atoms with Gasteiger partial charge in [0.15, 0.2) is 11.2 Å². The van der Waals surface area contributed by atoms with Crippen LogP contribution >= 0.6 is 0 Å². The highest BCUT2D eigenvalue weighted by molar-refractivity contribution is 6.00. The lowest BCUT2D eigenvalue weighted by atomic mass is 10.1. The van der Waals surface area contributed by atoms with Gasteiger partial charge in [-0.05, 0) is 55.3 Å². The van der Waals surface area contributed by atoms with E-state index in [1.807, 2.05) is 24.3 Å². The molecule has 2 aromatic carbocycles. The number of amidine groups is 1. The fraction of sp³-hybridized carbons (Fsp3) is 0.0870. The first-order valence-electron chi connectivity index (χ1n) is 9.13.